The van der Waals surface area contributed by atoms with Crippen LogP contribution in [0.15, 0.2) is 247 Å². The van der Waals surface area contributed by atoms with Crippen molar-refractivity contribution in [2.24, 2.45) is 0 Å². The molecule has 0 atom stereocenters. The number of anilines is 3. The third-order valence-corrected chi connectivity index (χ3v) is 13.8. The molecule has 13 aromatic rings. The standard InChI is InChI=1S/C64H40N2O2/c1-2-13-41(14-3-1)42-27-29-43(30-28-42)44-31-35-48(36-32-44)65(49-17-10-16-46(39-49)51-20-11-25-60-62(51)54-37-33-45-15-4-5-19-52(45)64(54)68-60)56-22-7-6-18-50(56)47-34-38-57-55(40-47)53-21-12-26-61-63(53)66(57)58-23-8-9-24-59(58)67-61/h1-40H. The number of aromatic nitrogens is 1. The number of hydrogen-bond acceptors (Lipinski definition) is 3. The molecule has 0 aliphatic carbocycles. The highest BCUT2D eigenvalue weighted by molar-refractivity contribution is 6.19. The Hall–Kier alpha value is -9.12. The number of benzene rings is 11. The number of fused-ring (bicyclic) bond motifs is 10. The molecule has 2 aromatic heterocycles. The summed E-state index contributed by atoms with van der Waals surface area (Å²) in [6.45, 7) is 0. The Kier molecular flexibility index (Phi) is 8.55. The minimum absolute atomic E-state index is 0.859. The summed E-state index contributed by atoms with van der Waals surface area (Å²) in [5, 5.41) is 6.86. The number of nitrogens with zero attached hydrogens (tertiary/aromatic N) is 2. The molecule has 68 heavy (non-hydrogen) atoms. The molecule has 4 nitrogen and oxygen atoms in total. The van der Waals surface area contributed by atoms with Gasteiger partial charge in [0.15, 0.2) is 11.5 Å². The van der Waals surface area contributed by atoms with E-state index in [1.807, 2.05) is 12.1 Å². The molecule has 14 rings (SSSR count). The predicted molar refractivity (Wildman–Crippen MR) is 282 cm³/mol. The van der Waals surface area contributed by atoms with Crippen molar-refractivity contribution in [1.82, 2.24) is 4.57 Å². The molecular formula is C64H40N2O2. The molecule has 3 heterocycles. The molecule has 0 unspecified atom stereocenters. The van der Waals surface area contributed by atoms with E-state index in [9.17, 15) is 0 Å². The molecule has 0 bridgehead atoms. The van der Waals surface area contributed by atoms with Gasteiger partial charge < -0.3 is 18.6 Å². The lowest BCUT2D eigenvalue weighted by molar-refractivity contribution is 0.476. The maximum atomic E-state index is 6.66. The van der Waals surface area contributed by atoms with Crippen LogP contribution in [-0.2, 0) is 0 Å². The van der Waals surface area contributed by atoms with Crippen molar-refractivity contribution >= 4 is 71.6 Å². The SMILES string of the molecule is c1ccc(-c2ccc(-c3ccc(N(c4cccc(-c5cccc6oc7c8ccccc8ccc7c56)c4)c4ccccc4-c4ccc5c(c4)c4cccc6c4n5-c4ccccc4O6)cc3)cc2)cc1. The van der Waals surface area contributed by atoms with Crippen molar-refractivity contribution in [2.75, 3.05) is 4.90 Å². The molecule has 0 spiro atoms. The average Bonchev–Trinajstić information content (AvgIpc) is 3.97. The van der Waals surface area contributed by atoms with Crippen molar-refractivity contribution in [1.29, 1.82) is 0 Å². The van der Waals surface area contributed by atoms with Crippen molar-refractivity contribution in [3.8, 4) is 61.7 Å². The van der Waals surface area contributed by atoms with Gasteiger partial charge in [-0.3, -0.25) is 0 Å². The first-order chi connectivity index (χ1) is 33.7. The van der Waals surface area contributed by atoms with Crippen LogP contribution < -0.4 is 9.64 Å². The first-order valence-electron chi connectivity index (χ1n) is 23.2. The number of rotatable bonds is 7. The number of para-hydroxylation sites is 4. The van der Waals surface area contributed by atoms with Crippen molar-refractivity contribution in [3.05, 3.63) is 243 Å². The van der Waals surface area contributed by atoms with Gasteiger partial charge in [0.1, 0.15) is 11.2 Å². The maximum Gasteiger partial charge on any atom is 0.152 e. The number of furan rings is 1. The van der Waals surface area contributed by atoms with Crippen LogP contribution in [0, 0.1) is 0 Å². The second-order valence-corrected chi connectivity index (χ2v) is 17.6. The van der Waals surface area contributed by atoms with Crippen molar-refractivity contribution in [2.45, 2.75) is 0 Å². The Morgan fingerprint density at radius 3 is 1.87 bits per heavy atom. The Labute approximate surface area is 392 Å². The topological polar surface area (TPSA) is 30.5 Å². The Morgan fingerprint density at radius 2 is 1.00 bits per heavy atom. The van der Waals surface area contributed by atoms with Crippen LogP contribution in [0.1, 0.15) is 0 Å². The molecule has 4 heteroatoms. The third kappa shape index (κ3) is 6.01. The second-order valence-electron chi connectivity index (χ2n) is 17.6. The Morgan fingerprint density at radius 1 is 0.368 bits per heavy atom. The van der Waals surface area contributed by atoms with E-state index in [1.165, 1.54) is 27.5 Å². The molecule has 0 N–H and O–H groups in total. The molecular weight excluding hydrogens is 829 g/mol. The lowest BCUT2D eigenvalue weighted by Gasteiger charge is -2.28. The van der Waals surface area contributed by atoms with Crippen LogP contribution >= 0.6 is 0 Å². The molecule has 0 amide bonds. The van der Waals surface area contributed by atoms with Gasteiger partial charge in [-0.1, -0.05) is 170 Å². The number of ether oxygens (including phenoxy) is 1. The summed E-state index contributed by atoms with van der Waals surface area (Å²) < 4.78 is 15.5. The van der Waals surface area contributed by atoms with Gasteiger partial charge in [-0.05, 0) is 117 Å². The van der Waals surface area contributed by atoms with Crippen LogP contribution in [0.2, 0.25) is 0 Å². The monoisotopic (exact) mass is 868 g/mol. The lowest BCUT2D eigenvalue weighted by Crippen LogP contribution is -2.11. The summed E-state index contributed by atoms with van der Waals surface area (Å²) in [5.41, 5.74) is 17.5. The lowest BCUT2D eigenvalue weighted by atomic mass is 9.96. The summed E-state index contributed by atoms with van der Waals surface area (Å²) in [6.07, 6.45) is 0. The minimum atomic E-state index is 0.859. The molecule has 1 aliphatic heterocycles. The van der Waals surface area contributed by atoms with Crippen LogP contribution in [0.5, 0.6) is 11.5 Å². The molecule has 0 saturated heterocycles. The molecule has 0 saturated carbocycles. The van der Waals surface area contributed by atoms with Gasteiger partial charge in [0, 0.05) is 43.9 Å². The minimum Gasteiger partial charge on any atom is -0.455 e. The van der Waals surface area contributed by atoms with E-state index >= 15 is 0 Å². The van der Waals surface area contributed by atoms with E-state index in [0.717, 1.165) is 106 Å². The zero-order valence-electron chi connectivity index (χ0n) is 36.8. The second kappa shape index (κ2) is 15.2. The van der Waals surface area contributed by atoms with Crippen LogP contribution in [0.3, 0.4) is 0 Å². The average molecular weight is 869 g/mol. The first kappa shape index (κ1) is 38.2. The smallest absolute Gasteiger partial charge is 0.152 e. The zero-order valence-corrected chi connectivity index (χ0v) is 36.8. The molecule has 1 aliphatic rings. The third-order valence-electron chi connectivity index (χ3n) is 13.8. The zero-order chi connectivity index (χ0) is 44.7. The number of hydrogen-bond donors (Lipinski definition) is 0. The summed E-state index contributed by atoms with van der Waals surface area (Å²) in [6, 6.07) is 87.0. The van der Waals surface area contributed by atoms with Gasteiger partial charge in [-0.25, -0.2) is 0 Å². The largest absolute Gasteiger partial charge is 0.455 e. The quantitative estimate of drug-likeness (QED) is 0.160. The highest BCUT2D eigenvalue weighted by atomic mass is 16.5. The Bertz CT molecular complexity index is 4110. The van der Waals surface area contributed by atoms with Gasteiger partial charge in [-0.2, -0.15) is 0 Å². The fraction of sp³-hybridized carbons (Fsp3) is 0. The van der Waals surface area contributed by atoms with E-state index < -0.39 is 0 Å². The highest BCUT2D eigenvalue weighted by Crippen LogP contribution is 2.48. The van der Waals surface area contributed by atoms with Crippen molar-refractivity contribution < 1.29 is 9.15 Å². The predicted octanol–water partition coefficient (Wildman–Crippen LogP) is 18.1. The fourth-order valence-corrected chi connectivity index (χ4v) is 10.6. The van der Waals surface area contributed by atoms with Crippen LogP contribution in [0.25, 0.3) is 105 Å². The molecule has 11 aromatic carbocycles. The first-order valence-corrected chi connectivity index (χ1v) is 23.2. The molecule has 0 radical (unpaired) electrons. The van der Waals surface area contributed by atoms with E-state index in [2.05, 4.69) is 240 Å². The van der Waals surface area contributed by atoms with E-state index in [0.29, 0.717) is 0 Å². The van der Waals surface area contributed by atoms with E-state index in [-0.39, 0.29) is 0 Å². The summed E-state index contributed by atoms with van der Waals surface area (Å²) >= 11 is 0. The van der Waals surface area contributed by atoms with Crippen molar-refractivity contribution in [3.63, 3.8) is 0 Å². The van der Waals surface area contributed by atoms with Crippen LogP contribution in [-0.4, -0.2) is 4.57 Å². The van der Waals surface area contributed by atoms with E-state index in [1.54, 1.807) is 0 Å². The maximum absolute atomic E-state index is 6.66. The van der Waals surface area contributed by atoms with Gasteiger partial charge in [0.25, 0.3) is 0 Å². The fourth-order valence-electron chi connectivity index (χ4n) is 10.6. The summed E-state index contributed by atoms with van der Waals surface area (Å²) in [4.78, 5) is 2.41. The Balaban J connectivity index is 0.931. The highest BCUT2D eigenvalue weighted by Gasteiger charge is 2.25. The molecule has 0 fully saturated rings. The van der Waals surface area contributed by atoms with Gasteiger partial charge >= 0.3 is 0 Å². The van der Waals surface area contributed by atoms with Gasteiger partial charge in [0.2, 0.25) is 0 Å². The summed E-state index contributed by atoms with van der Waals surface area (Å²) in [5.74, 6) is 1.73. The van der Waals surface area contributed by atoms with Gasteiger partial charge in [-0.15, -0.1) is 0 Å². The van der Waals surface area contributed by atoms with Gasteiger partial charge in [0.05, 0.1) is 22.4 Å². The van der Waals surface area contributed by atoms with Crippen LogP contribution in [0.4, 0.5) is 17.1 Å². The normalized spacial score (nSPS) is 11.9. The molecule has 318 valence electrons. The van der Waals surface area contributed by atoms with E-state index in [4.69, 9.17) is 9.15 Å². The summed E-state index contributed by atoms with van der Waals surface area (Å²) in [7, 11) is 0.